The molecule has 0 unspecified atom stereocenters. The first-order chi connectivity index (χ1) is 17.7. The second-order valence-corrected chi connectivity index (χ2v) is 10.3. The molecule has 9 heteroatoms. The van der Waals surface area contributed by atoms with Crippen molar-refractivity contribution in [3.63, 3.8) is 0 Å². The van der Waals surface area contributed by atoms with E-state index in [0.29, 0.717) is 62.2 Å². The molecule has 196 valence electrons. The van der Waals surface area contributed by atoms with Crippen molar-refractivity contribution in [2.75, 3.05) is 39.3 Å². The van der Waals surface area contributed by atoms with Gasteiger partial charge in [0.05, 0.1) is 15.6 Å². The molecule has 2 saturated heterocycles. The Balaban J connectivity index is 1.24. The number of halogens is 2. The molecule has 0 aromatic heterocycles. The molecule has 0 atom stereocenters. The van der Waals surface area contributed by atoms with Gasteiger partial charge < -0.3 is 19.8 Å². The number of rotatable bonds is 6. The molecule has 0 radical (unpaired) electrons. The van der Waals surface area contributed by atoms with Crippen LogP contribution < -0.4 is 0 Å². The van der Waals surface area contributed by atoms with Crippen molar-refractivity contribution in [3.05, 3.63) is 75.8 Å². The van der Waals surface area contributed by atoms with Crippen LogP contribution in [0.4, 0.5) is 0 Å². The number of hydrogen-bond acceptors (Lipinski definition) is 4. The number of hydrogen-bond donors (Lipinski definition) is 1. The molecule has 0 saturated carbocycles. The first-order valence-corrected chi connectivity index (χ1v) is 13.3. The zero-order chi connectivity index (χ0) is 26.4. The summed E-state index contributed by atoms with van der Waals surface area (Å²) in [7, 11) is 0. The fourth-order valence-electron chi connectivity index (χ4n) is 4.76. The van der Waals surface area contributed by atoms with Crippen LogP contribution in [-0.4, -0.2) is 76.8 Å². The smallest absolute Gasteiger partial charge is 0.246 e. The SMILES string of the molecule is O=C(C=Cc1ccc(Cl)c(Cl)c1)N1CCC(=O)N(CCC(=O)N2CCC(O)(c3ccccc3)CC2)CC1. The molecule has 4 rings (SSSR count). The minimum Gasteiger partial charge on any atom is -0.385 e. The first-order valence-electron chi connectivity index (χ1n) is 12.5. The molecule has 0 aliphatic carbocycles. The highest BCUT2D eigenvalue weighted by molar-refractivity contribution is 6.42. The molecule has 2 aliphatic rings. The minimum absolute atomic E-state index is 0.0235. The summed E-state index contributed by atoms with van der Waals surface area (Å²) in [5.74, 6) is -0.269. The third kappa shape index (κ3) is 6.92. The number of nitrogens with zero attached hydrogens (tertiary/aromatic N) is 3. The average Bonchev–Trinajstić information content (AvgIpc) is 3.10. The fourth-order valence-corrected chi connectivity index (χ4v) is 5.07. The molecule has 2 fully saturated rings. The van der Waals surface area contributed by atoms with Gasteiger partial charge in [0, 0.05) is 58.2 Å². The number of benzene rings is 2. The first kappa shape index (κ1) is 27.2. The molecule has 37 heavy (non-hydrogen) atoms. The molecule has 3 amide bonds. The van der Waals surface area contributed by atoms with E-state index in [9.17, 15) is 19.5 Å². The second kappa shape index (κ2) is 12.1. The quantitative estimate of drug-likeness (QED) is 0.559. The van der Waals surface area contributed by atoms with Crippen molar-refractivity contribution in [1.29, 1.82) is 0 Å². The van der Waals surface area contributed by atoms with Crippen LogP contribution in [0.3, 0.4) is 0 Å². The molecule has 2 aromatic carbocycles. The van der Waals surface area contributed by atoms with E-state index >= 15 is 0 Å². The molecule has 0 spiro atoms. The topological polar surface area (TPSA) is 81.2 Å². The van der Waals surface area contributed by atoms with E-state index in [1.807, 2.05) is 30.3 Å². The van der Waals surface area contributed by atoms with E-state index in [4.69, 9.17) is 23.2 Å². The van der Waals surface area contributed by atoms with Crippen molar-refractivity contribution >= 4 is 47.0 Å². The third-order valence-electron chi connectivity index (χ3n) is 7.11. The molecule has 0 bridgehead atoms. The number of piperidine rings is 1. The summed E-state index contributed by atoms with van der Waals surface area (Å²) in [5, 5.41) is 11.9. The van der Waals surface area contributed by atoms with Crippen molar-refractivity contribution < 1.29 is 19.5 Å². The number of aliphatic hydroxyl groups is 1. The van der Waals surface area contributed by atoms with E-state index in [0.717, 1.165) is 11.1 Å². The van der Waals surface area contributed by atoms with Gasteiger partial charge in [-0.2, -0.15) is 0 Å². The zero-order valence-electron chi connectivity index (χ0n) is 20.6. The maximum atomic E-state index is 12.8. The largest absolute Gasteiger partial charge is 0.385 e. The van der Waals surface area contributed by atoms with Crippen LogP contribution in [0.25, 0.3) is 6.08 Å². The Morgan fingerprint density at radius 2 is 1.65 bits per heavy atom. The normalized spacial score (nSPS) is 18.2. The standard InChI is InChI=1S/C28H31Cl2N3O4/c29-23-8-6-21(20-24(23)30)7-9-25(34)31-14-10-26(35)32(19-18-31)15-11-27(36)33-16-12-28(37,13-17-33)22-4-2-1-3-5-22/h1-9,20,37H,10-19H2. The van der Waals surface area contributed by atoms with Gasteiger partial charge >= 0.3 is 0 Å². The molecule has 2 aliphatic heterocycles. The fraction of sp³-hybridized carbons (Fsp3) is 0.393. The van der Waals surface area contributed by atoms with E-state index in [-0.39, 0.29) is 30.6 Å². The van der Waals surface area contributed by atoms with Gasteiger partial charge in [0.15, 0.2) is 0 Å². The third-order valence-corrected chi connectivity index (χ3v) is 7.85. The highest BCUT2D eigenvalue weighted by Crippen LogP contribution is 2.32. The van der Waals surface area contributed by atoms with Crippen LogP contribution >= 0.6 is 23.2 Å². The highest BCUT2D eigenvalue weighted by atomic mass is 35.5. The Kier molecular flexibility index (Phi) is 8.90. The summed E-state index contributed by atoms with van der Waals surface area (Å²) >= 11 is 12.0. The lowest BCUT2D eigenvalue weighted by Gasteiger charge is -2.38. The van der Waals surface area contributed by atoms with E-state index in [1.165, 1.54) is 6.08 Å². The molecule has 1 N–H and O–H groups in total. The lowest BCUT2D eigenvalue weighted by atomic mass is 9.84. The van der Waals surface area contributed by atoms with Gasteiger partial charge in [0.25, 0.3) is 0 Å². The molecule has 2 aromatic rings. The van der Waals surface area contributed by atoms with E-state index in [2.05, 4.69) is 0 Å². The van der Waals surface area contributed by atoms with Gasteiger partial charge in [-0.1, -0.05) is 59.6 Å². The number of carbonyl (C=O) groups is 3. The summed E-state index contributed by atoms with van der Waals surface area (Å²) in [6.45, 7) is 2.39. The maximum absolute atomic E-state index is 12.8. The van der Waals surface area contributed by atoms with Crippen molar-refractivity contribution in [2.45, 2.75) is 31.3 Å². The van der Waals surface area contributed by atoms with Crippen molar-refractivity contribution in [3.8, 4) is 0 Å². The highest BCUT2D eigenvalue weighted by Gasteiger charge is 2.35. The predicted octanol–water partition coefficient (Wildman–Crippen LogP) is 3.97. The molecular weight excluding hydrogens is 513 g/mol. The summed E-state index contributed by atoms with van der Waals surface area (Å²) in [6.07, 6.45) is 4.55. The summed E-state index contributed by atoms with van der Waals surface area (Å²) in [6, 6.07) is 14.7. The van der Waals surface area contributed by atoms with Crippen LogP contribution in [0.2, 0.25) is 10.0 Å². The summed E-state index contributed by atoms with van der Waals surface area (Å²) in [5.41, 5.74) is 0.722. The van der Waals surface area contributed by atoms with E-state index in [1.54, 1.807) is 39.0 Å². The van der Waals surface area contributed by atoms with Crippen molar-refractivity contribution in [1.82, 2.24) is 14.7 Å². The van der Waals surface area contributed by atoms with Crippen LogP contribution in [0.5, 0.6) is 0 Å². The Morgan fingerprint density at radius 1 is 0.919 bits per heavy atom. The number of amides is 3. The summed E-state index contributed by atoms with van der Waals surface area (Å²) in [4.78, 5) is 43.2. The van der Waals surface area contributed by atoms with E-state index < -0.39 is 5.60 Å². The lowest BCUT2D eigenvalue weighted by molar-refractivity contribution is -0.137. The Morgan fingerprint density at radius 3 is 2.35 bits per heavy atom. The van der Waals surface area contributed by atoms with Gasteiger partial charge in [-0.15, -0.1) is 0 Å². The number of carbonyl (C=O) groups excluding carboxylic acids is 3. The lowest BCUT2D eigenvalue weighted by Crippen LogP contribution is -2.46. The Hall–Kier alpha value is -2.87. The zero-order valence-corrected chi connectivity index (χ0v) is 22.1. The monoisotopic (exact) mass is 543 g/mol. The number of likely N-dealkylation sites (tertiary alicyclic amines) is 1. The van der Waals surface area contributed by atoms with Crippen LogP contribution in [0, 0.1) is 0 Å². The maximum Gasteiger partial charge on any atom is 0.246 e. The van der Waals surface area contributed by atoms with Crippen LogP contribution in [0.15, 0.2) is 54.6 Å². The average molecular weight is 544 g/mol. The van der Waals surface area contributed by atoms with Crippen LogP contribution in [-0.2, 0) is 20.0 Å². The molecule has 2 heterocycles. The second-order valence-electron chi connectivity index (χ2n) is 9.49. The minimum atomic E-state index is -0.914. The van der Waals surface area contributed by atoms with Crippen LogP contribution in [0.1, 0.15) is 36.8 Å². The Labute approximate surface area is 227 Å². The summed E-state index contributed by atoms with van der Waals surface area (Å²) < 4.78 is 0. The molecular formula is C28H31Cl2N3O4. The van der Waals surface area contributed by atoms with Gasteiger partial charge in [-0.25, -0.2) is 0 Å². The predicted molar refractivity (Wildman–Crippen MR) is 144 cm³/mol. The van der Waals surface area contributed by atoms with Gasteiger partial charge in [-0.3, -0.25) is 14.4 Å². The van der Waals surface area contributed by atoms with Crippen molar-refractivity contribution in [2.24, 2.45) is 0 Å². The molecule has 7 nitrogen and oxygen atoms in total. The van der Waals surface area contributed by atoms with Gasteiger partial charge in [0.2, 0.25) is 17.7 Å². The Bertz CT molecular complexity index is 1160. The van der Waals surface area contributed by atoms with Gasteiger partial charge in [-0.05, 0) is 42.2 Å². The van der Waals surface area contributed by atoms with Gasteiger partial charge in [0.1, 0.15) is 0 Å².